The first-order chi connectivity index (χ1) is 16.6. The summed E-state index contributed by atoms with van der Waals surface area (Å²) >= 11 is 0. The van der Waals surface area contributed by atoms with Gasteiger partial charge in [-0.3, -0.25) is 4.72 Å². The van der Waals surface area contributed by atoms with Crippen LogP contribution in [0.25, 0.3) is 0 Å². The van der Waals surface area contributed by atoms with Gasteiger partial charge >= 0.3 is 12.4 Å². The molecule has 2 N–H and O–H groups in total. The third kappa shape index (κ3) is 5.32. The average molecular weight is 528 g/mol. The molecule has 0 amide bonds. The number of anilines is 1. The number of aliphatic hydroxyl groups is 1. The molecule has 0 fully saturated rings. The molecule has 3 rings (SSSR count). The summed E-state index contributed by atoms with van der Waals surface area (Å²) in [4.78, 5) is -0.186. The maximum Gasteiger partial charge on any atom is 0.425 e. The van der Waals surface area contributed by atoms with E-state index in [0.717, 1.165) is 30.3 Å². The van der Waals surface area contributed by atoms with Gasteiger partial charge in [0, 0.05) is 0 Å². The molecule has 1 unspecified atom stereocenters. The van der Waals surface area contributed by atoms with E-state index < -0.39 is 44.7 Å². The van der Waals surface area contributed by atoms with E-state index in [1.54, 1.807) is 6.07 Å². The van der Waals surface area contributed by atoms with Gasteiger partial charge in [-0.1, -0.05) is 36.4 Å². The van der Waals surface area contributed by atoms with Gasteiger partial charge in [-0.25, -0.2) is 8.42 Å². The van der Waals surface area contributed by atoms with Crippen molar-refractivity contribution < 1.29 is 39.9 Å². The molecule has 0 spiro atoms. The standard InChI is InChI=1S/C24H18F6N2O3S/c1-15-12-18(22(33,24(28,29)30)17-5-3-6-19(14-17)23(25,26)27)8-9-21(15)32-36(34,35)20-7-2-4-16(13-20)10-11-31/h2-9,12-14,32-33H,10H2,1H3. The largest absolute Gasteiger partial charge is 0.425 e. The summed E-state index contributed by atoms with van der Waals surface area (Å²) in [5, 5.41) is 19.5. The van der Waals surface area contributed by atoms with Crippen LogP contribution in [0.3, 0.4) is 0 Å². The van der Waals surface area contributed by atoms with Crippen LogP contribution in [-0.2, 0) is 28.2 Å². The third-order valence-electron chi connectivity index (χ3n) is 5.40. The number of nitriles is 1. The molecular formula is C24H18F6N2O3S. The van der Waals surface area contributed by atoms with E-state index in [9.17, 15) is 39.9 Å². The Kier molecular flexibility index (Phi) is 7.12. The van der Waals surface area contributed by atoms with Gasteiger partial charge in [-0.15, -0.1) is 0 Å². The Morgan fingerprint density at radius 2 is 1.50 bits per heavy atom. The van der Waals surface area contributed by atoms with Crippen LogP contribution in [-0.4, -0.2) is 19.7 Å². The Bertz CT molecular complexity index is 1430. The normalized spacial score (nSPS) is 14.1. The zero-order chi connectivity index (χ0) is 26.9. The van der Waals surface area contributed by atoms with Crippen LogP contribution in [0.1, 0.15) is 27.8 Å². The zero-order valence-corrected chi connectivity index (χ0v) is 19.3. The zero-order valence-electron chi connectivity index (χ0n) is 18.4. The van der Waals surface area contributed by atoms with Crippen molar-refractivity contribution in [2.24, 2.45) is 0 Å². The van der Waals surface area contributed by atoms with Crippen molar-refractivity contribution in [2.45, 2.75) is 36.2 Å². The van der Waals surface area contributed by atoms with Crippen molar-refractivity contribution >= 4 is 15.7 Å². The molecular weight excluding hydrogens is 510 g/mol. The van der Waals surface area contributed by atoms with Crippen molar-refractivity contribution in [1.29, 1.82) is 5.26 Å². The smallest absolute Gasteiger partial charge is 0.372 e. The van der Waals surface area contributed by atoms with Gasteiger partial charge in [0.15, 0.2) is 0 Å². The summed E-state index contributed by atoms with van der Waals surface area (Å²) in [7, 11) is -4.20. The number of hydrogen-bond acceptors (Lipinski definition) is 4. The predicted molar refractivity (Wildman–Crippen MR) is 118 cm³/mol. The van der Waals surface area contributed by atoms with E-state index in [4.69, 9.17) is 5.26 Å². The fourth-order valence-corrected chi connectivity index (χ4v) is 4.74. The van der Waals surface area contributed by atoms with E-state index in [0.29, 0.717) is 11.6 Å². The lowest BCUT2D eigenvalue weighted by Crippen LogP contribution is -2.43. The van der Waals surface area contributed by atoms with Crippen LogP contribution < -0.4 is 4.72 Å². The van der Waals surface area contributed by atoms with Crippen LogP contribution in [0.2, 0.25) is 0 Å². The van der Waals surface area contributed by atoms with Gasteiger partial charge < -0.3 is 5.11 Å². The molecule has 0 aliphatic rings. The summed E-state index contributed by atoms with van der Waals surface area (Å²) < 4.78 is 109. The van der Waals surface area contributed by atoms with Crippen LogP contribution in [0.15, 0.2) is 71.6 Å². The third-order valence-corrected chi connectivity index (χ3v) is 6.76. The number of halogens is 6. The fourth-order valence-electron chi connectivity index (χ4n) is 3.54. The molecule has 0 bridgehead atoms. The number of sulfonamides is 1. The van der Waals surface area contributed by atoms with Crippen molar-refractivity contribution in [3.8, 4) is 6.07 Å². The molecule has 0 aliphatic heterocycles. The maximum atomic E-state index is 14.1. The summed E-state index contributed by atoms with van der Waals surface area (Å²) in [6, 6.07) is 12.3. The molecule has 0 aliphatic carbocycles. The molecule has 3 aromatic carbocycles. The van der Waals surface area contributed by atoms with Crippen molar-refractivity contribution in [2.75, 3.05) is 4.72 Å². The molecule has 3 aromatic rings. The highest BCUT2D eigenvalue weighted by Crippen LogP contribution is 2.46. The lowest BCUT2D eigenvalue weighted by molar-refractivity contribution is -0.248. The number of nitrogens with one attached hydrogen (secondary N) is 1. The Balaban J connectivity index is 2.04. The number of hydrogen-bond donors (Lipinski definition) is 2. The minimum absolute atomic E-state index is 0.0288. The van der Waals surface area contributed by atoms with Crippen molar-refractivity contribution in [1.82, 2.24) is 0 Å². The highest BCUT2D eigenvalue weighted by atomic mass is 32.2. The first-order valence-corrected chi connectivity index (χ1v) is 11.6. The summed E-state index contributed by atoms with van der Waals surface area (Å²) in [5.41, 5.74) is -6.73. The monoisotopic (exact) mass is 528 g/mol. The van der Waals surface area contributed by atoms with E-state index in [-0.39, 0.29) is 28.6 Å². The first kappa shape index (κ1) is 27.0. The summed E-state index contributed by atoms with van der Waals surface area (Å²) in [6.07, 6.45) is -10.4. The van der Waals surface area contributed by atoms with Gasteiger partial charge in [0.1, 0.15) is 0 Å². The molecule has 36 heavy (non-hydrogen) atoms. The Morgan fingerprint density at radius 1 is 0.889 bits per heavy atom. The SMILES string of the molecule is Cc1cc(C(O)(c2cccc(C(F)(F)F)c2)C(F)(F)F)ccc1NS(=O)(=O)c1cccc(CC#N)c1. The van der Waals surface area contributed by atoms with Gasteiger partial charge in [0.2, 0.25) is 5.60 Å². The number of benzene rings is 3. The Labute approximate surface area is 202 Å². The molecule has 1 atom stereocenters. The van der Waals surface area contributed by atoms with Gasteiger partial charge in [-0.05, 0) is 59.5 Å². The molecule has 0 saturated carbocycles. The van der Waals surface area contributed by atoms with Crippen LogP contribution in [0.4, 0.5) is 32.0 Å². The number of rotatable bonds is 6. The highest BCUT2D eigenvalue weighted by molar-refractivity contribution is 7.92. The minimum Gasteiger partial charge on any atom is -0.372 e. The Morgan fingerprint density at radius 3 is 2.08 bits per heavy atom. The average Bonchev–Trinajstić information content (AvgIpc) is 2.79. The van der Waals surface area contributed by atoms with E-state index in [1.807, 2.05) is 6.07 Å². The molecule has 0 aromatic heterocycles. The van der Waals surface area contributed by atoms with Crippen LogP contribution in [0.5, 0.6) is 0 Å². The molecule has 12 heteroatoms. The lowest BCUT2D eigenvalue weighted by atomic mass is 9.84. The summed E-state index contributed by atoms with van der Waals surface area (Å²) in [6.45, 7) is 1.27. The topological polar surface area (TPSA) is 90.2 Å². The quantitative estimate of drug-likeness (QED) is 0.403. The Hall–Kier alpha value is -3.56. The molecule has 5 nitrogen and oxygen atoms in total. The minimum atomic E-state index is -5.41. The fraction of sp³-hybridized carbons (Fsp3) is 0.208. The van der Waals surface area contributed by atoms with Crippen LogP contribution >= 0.6 is 0 Å². The van der Waals surface area contributed by atoms with Crippen LogP contribution in [0, 0.1) is 18.3 Å². The number of nitrogens with zero attached hydrogens (tertiary/aromatic N) is 1. The van der Waals surface area contributed by atoms with E-state index >= 15 is 0 Å². The second-order valence-electron chi connectivity index (χ2n) is 7.90. The lowest BCUT2D eigenvalue weighted by Gasteiger charge is -2.32. The van der Waals surface area contributed by atoms with Gasteiger partial charge in [0.05, 0.1) is 28.6 Å². The number of aryl methyl sites for hydroxylation is 1. The van der Waals surface area contributed by atoms with E-state index in [1.165, 1.54) is 25.1 Å². The molecule has 0 radical (unpaired) electrons. The molecule has 190 valence electrons. The summed E-state index contributed by atoms with van der Waals surface area (Å²) in [5.74, 6) is 0. The predicted octanol–water partition coefficient (Wildman–Crippen LogP) is 5.68. The maximum absolute atomic E-state index is 14.1. The highest BCUT2D eigenvalue weighted by Gasteiger charge is 2.56. The second kappa shape index (κ2) is 9.48. The molecule has 0 heterocycles. The van der Waals surface area contributed by atoms with Crippen molar-refractivity contribution in [3.05, 3.63) is 94.5 Å². The van der Waals surface area contributed by atoms with Gasteiger partial charge in [-0.2, -0.15) is 31.6 Å². The second-order valence-corrected chi connectivity index (χ2v) is 9.59. The van der Waals surface area contributed by atoms with Gasteiger partial charge in [0.25, 0.3) is 10.0 Å². The van der Waals surface area contributed by atoms with Crippen molar-refractivity contribution in [3.63, 3.8) is 0 Å². The van der Waals surface area contributed by atoms with E-state index in [2.05, 4.69) is 4.72 Å². The first-order valence-electron chi connectivity index (χ1n) is 10.2. The number of alkyl halides is 6. The molecule has 0 saturated heterocycles.